The van der Waals surface area contributed by atoms with Crippen molar-refractivity contribution in [1.29, 1.82) is 0 Å². The van der Waals surface area contributed by atoms with Crippen molar-refractivity contribution in [2.24, 2.45) is 11.3 Å². The lowest BCUT2D eigenvalue weighted by Crippen LogP contribution is -2.59. The molecular weight excluding hydrogens is 686 g/mol. The summed E-state index contributed by atoms with van der Waals surface area (Å²) in [7, 11) is -1.05. The highest BCUT2D eigenvalue weighted by molar-refractivity contribution is 7.99. The molecule has 0 aliphatic heterocycles. The number of amides is 1. The zero-order valence-electron chi connectivity index (χ0n) is 31.2. The van der Waals surface area contributed by atoms with Crippen LogP contribution in [0.2, 0.25) is 18.1 Å². The Balaban J connectivity index is 1.77. The van der Waals surface area contributed by atoms with E-state index < -0.39 is 37.6 Å². The molecule has 1 N–H and O–H groups in total. The van der Waals surface area contributed by atoms with E-state index in [0.29, 0.717) is 37.3 Å². The molecule has 2 atom stereocenters. The number of benzene rings is 3. The van der Waals surface area contributed by atoms with Gasteiger partial charge in [0.05, 0.1) is 12.5 Å². The van der Waals surface area contributed by atoms with E-state index in [1.807, 2.05) is 88.5 Å². The Hall–Kier alpha value is -2.98. The fraction of sp³-hybridized carbons (Fsp3) is 0.500. The lowest BCUT2D eigenvalue weighted by Gasteiger charge is -2.47. The van der Waals surface area contributed by atoms with Crippen molar-refractivity contribution >= 4 is 44.5 Å². The molecule has 1 radical (unpaired) electrons. The van der Waals surface area contributed by atoms with Crippen LogP contribution in [0.3, 0.4) is 0 Å². The molecule has 0 saturated carbocycles. The summed E-state index contributed by atoms with van der Waals surface area (Å²) in [5, 5.41) is 3.93. The van der Waals surface area contributed by atoms with Crippen LogP contribution in [0.15, 0.2) is 82.6 Å². The van der Waals surface area contributed by atoms with Gasteiger partial charge in [0.25, 0.3) is 0 Å². The molecule has 3 rings (SSSR count). The van der Waals surface area contributed by atoms with Crippen LogP contribution in [0.4, 0.5) is 4.79 Å². The highest BCUT2D eigenvalue weighted by atomic mass is 35.5. The molecule has 3 aromatic carbocycles. The summed E-state index contributed by atoms with van der Waals surface area (Å²) < 4.78 is 23.3. The van der Waals surface area contributed by atoms with E-state index in [4.69, 9.17) is 30.2 Å². The van der Waals surface area contributed by atoms with E-state index in [1.165, 1.54) is 0 Å². The third-order valence-electron chi connectivity index (χ3n) is 8.33. The van der Waals surface area contributed by atoms with Gasteiger partial charge in [-0.15, -0.1) is 0 Å². The van der Waals surface area contributed by atoms with Crippen molar-refractivity contribution in [1.82, 2.24) is 5.32 Å². The maximum atomic E-state index is 13.4. The van der Waals surface area contributed by atoms with Crippen LogP contribution < -0.4 is 10.1 Å². The normalized spacial score (nSPS) is 13.7. The van der Waals surface area contributed by atoms with Crippen LogP contribution >= 0.6 is 23.4 Å². The van der Waals surface area contributed by atoms with Gasteiger partial charge in [-0.1, -0.05) is 86.6 Å². The molecule has 1 amide bonds. The number of alkyl carbamates (subject to hydrolysis) is 1. The van der Waals surface area contributed by atoms with Gasteiger partial charge in [0.15, 0.2) is 0 Å². The quantitative estimate of drug-likeness (QED) is 0.109. The van der Waals surface area contributed by atoms with Gasteiger partial charge in [-0.2, -0.15) is 0 Å². The smallest absolute Gasteiger partial charge is 0.408 e. The Kier molecular flexibility index (Phi) is 15.8. The predicted octanol–water partition coefficient (Wildman–Crippen LogP) is 10.5. The summed E-state index contributed by atoms with van der Waals surface area (Å²) >= 11 is 8.50. The van der Waals surface area contributed by atoms with Crippen molar-refractivity contribution < 1.29 is 28.2 Å². The molecule has 2 unspecified atom stereocenters. The van der Waals surface area contributed by atoms with Gasteiger partial charge >= 0.3 is 12.1 Å². The topological polar surface area (TPSA) is 83.1 Å². The maximum absolute atomic E-state index is 13.4. The Morgan fingerprint density at radius 3 is 2.24 bits per heavy atom. The third kappa shape index (κ3) is 13.6. The third-order valence-corrected chi connectivity index (χ3v) is 10.4. The van der Waals surface area contributed by atoms with E-state index in [0.717, 1.165) is 26.7 Å². The fourth-order valence-corrected chi connectivity index (χ4v) is 7.40. The summed E-state index contributed by atoms with van der Waals surface area (Å²) in [5.74, 6) is -0.0580. The van der Waals surface area contributed by atoms with Crippen LogP contribution in [0.25, 0.3) is 0 Å². The van der Waals surface area contributed by atoms with Crippen LogP contribution in [-0.4, -0.2) is 45.5 Å². The number of aryl methyl sites for hydroxylation is 1. The zero-order chi connectivity index (χ0) is 37.0. The number of esters is 1. The van der Waals surface area contributed by atoms with Crippen molar-refractivity contribution in [2.45, 2.75) is 115 Å². The van der Waals surface area contributed by atoms with Gasteiger partial charge in [-0.05, 0) is 113 Å². The van der Waals surface area contributed by atoms with Gasteiger partial charge in [-0.3, -0.25) is 4.79 Å². The lowest BCUT2D eigenvalue weighted by molar-refractivity contribution is -0.150. The number of carbonyl (C=O) groups excluding carboxylic acids is 2. The summed E-state index contributed by atoms with van der Waals surface area (Å²) in [6.45, 7) is 18.7. The molecule has 0 saturated heterocycles. The molecule has 0 aromatic heterocycles. The first kappa shape index (κ1) is 41.4. The van der Waals surface area contributed by atoms with E-state index in [9.17, 15) is 9.59 Å². The van der Waals surface area contributed by atoms with E-state index in [2.05, 4.69) is 44.3 Å². The van der Waals surface area contributed by atoms with Gasteiger partial charge in [0, 0.05) is 27.0 Å². The SMILES string of the molecule is CCOC(=O)C(CO[Si](C)C)CC(CCCc1ccc(Sc2cccc(OCc3ccccc3)c2)cc1Cl)(NC(=O)OC(C)(C)C)C(C)(C)C. The van der Waals surface area contributed by atoms with Gasteiger partial charge in [0.2, 0.25) is 9.04 Å². The number of nitrogens with one attached hydrogen (secondary N) is 1. The number of halogens is 1. The largest absolute Gasteiger partial charge is 0.489 e. The minimum atomic E-state index is -1.05. The monoisotopic (exact) mass is 740 g/mol. The van der Waals surface area contributed by atoms with Gasteiger partial charge in [-0.25, -0.2) is 4.79 Å². The molecule has 0 fully saturated rings. The van der Waals surface area contributed by atoms with Crippen LogP contribution in [0, 0.1) is 11.3 Å². The molecule has 0 aliphatic carbocycles. The van der Waals surface area contributed by atoms with E-state index in [-0.39, 0.29) is 19.2 Å². The minimum absolute atomic E-state index is 0.237. The fourth-order valence-electron chi connectivity index (χ4n) is 5.62. The molecule has 273 valence electrons. The first-order valence-electron chi connectivity index (χ1n) is 17.3. The highest BCUT2D eigenvalue weighted by Gasteiger charge is 2.46. The summed E-state index contributed by atoms with van der Waals surface area (Å²) in [4.78, 5) is 28.7. The Morgan fingerprint density at radius 2 is 1.62 bits per heavy atom. The Morgan fingerprint density at radius 1 is 0.920 bits per heavy atom. The molecule has 0 heterocycles. The number of hydrogen-bond donors (Lipinski definition) is 1. The second-order valence-electron chi connectivity index (χ2n) is 14.8. The molecular formula is C40H55ClNO6SSi. The number of rotatable bonds is 17. The molecule has 7 nitrogen and oxygen atoms in total. The average Bonchev–Trinajstić information content (AvgIpc) is 3.02. The summed E-state index contributed by atoms with van der Waals surface area (Å²) in [5.41, 5.74) is 0.215. The standard InChI is InChI=1S/C40H55ClNO6SSi/c1-10-45-36(43)31(28-47-50(8)9)26-40(38(2,3)4,42-37(44)48-39(5,6)7)23-15-18-30-21-22-34(25-35(30)41)49-33-20-14-19-32(24-33)46-27-29-16-12-11-13-17-29/h11-14,16-17,19-22,24-25,31H,10,15,18,23,26-28H2,1-9H3,(H,42,44). The van der Waals surface area contributed by atoms with Crippen molar-refractivity contribution in [3.05, 3.63) is 88.9 Å². The highest BCUT2D eigenvalue weighted by Crippen LogP contribution is 2.41. The maximum Gasteiger partial charge on any atom is 0.408 e. The Bertz CT molecular complexity index is 1520. The predicted molar refractivity (Wildman–Crippen MR) is 205 cm³/mol. The minimum Gasteiger partial charge on any atom is -0.489 e. The van der Waals surface area contributed by atoms with Crippen molar-refractivity contribution in [3.63, 3.8) is 0 Å². The molecule has 3 aromatic rings. The zero-order valence-corrected chi connectivity index (χ0v) is 33.8. The molecule has 0 bridgehead atoms. The second kappa shape index (κ2) is 19.0. The second-order valence-corrected chi connectivity index (χ2v) is 18.4. The van der Waals surface area contributed by atoms with Crippen molar-refractivity contribution in [3.8, 4) is 5.75 Å². The summed E-state index contributed by atoms with van der Waals surface area (Å²) in [6, 6.07) is 24.3. The molecule has 50 heavy (non-hydrogen) atoms. The van der Waals surface area contributed by atoms with E-state index in [1.54, 1.807) is 18.7 Å². The van der Waals surface area contributed by atoms with Gasteiger partial charge in [0.1, 0.15) is 18.0 Å². The average molecular weight is 741 g/mol. The number of hydrogen-bond acceptors (Lipinski definition) is 7. The first-order valence-corrected chi connectivity index (χ1v) is 20.9. The van der Waals surface area contributed by atoms with E-state index >= 15 is 0 Å². The summed E-state index contributed by atoms with van der Waals surface area (Å²) in [6.07, 6.45) is 1.83. The van der Waals surface area contributed by atoms with Crippen LogP contribution in [0.5, 0.6) is 5.75 Å². The van der Waals surface area contributed by atoms with Crippen LogP contribution in [0.1, 0.15) is 78.9 Å². The van der Waals surface area contributed by atoms with Crippen LogP contribution in [-0.2, 0) is 31.7 Å². The Labute approximate surface area is 310 Å². The molecule has 0 aliphatic rings. The lowest BCUT2D eigenvalue weighted by atomic mass is 9.66. The van der Waals surface area contributed by atoms with Crippen molar-refractivity contribution in [2.75, 3.05) is 13.2 Å². The first-order chi connectivity index (χ1) is 23.5. The molecule has 0 spiro atoms. The number of carbonyl (C=O) groups is 2. The molecule has 10 heteroatoms. The number of ether oxygens (including phenoxy) is 3. The van der Waals surface area contributed by atoms with Gasteiger partial charge < -0.3 is 24.0 Å².